The smallest absolute Gasteiger partial charge is 0.417 e. The number of carbonyl (C=O) groups excluding carboxylic acids is 2. The maximum absolute atomic E-state index is 13.0. The first-order chi connectivity index (χ1) is 15.7. The standard InChI is InChI=1S/C20H15ClF3N5O4/c1-32-29-18(30)17-25-8-7-16(28-17)33-13-4-2-3-11(9-13)26-19(31)27-12-5-6-15(21)14(10-12)20(22,23)24/h2-10H,1H3,(H,29,30)(H2,26,27,31). The Morgan fingerprint density at radius 3 is 2.45 bits per heavy atom. The molecule has 0 unspecified atom stereocenters. The van der Waals surface area contributed by atoms with Gasteiger partial charge in [-0.05, 0) is 30.3 Å². The number of alkyl halides is 3. The fraction of sp³-hybridized carbons (Fsp3) is 0.100. The lowest BCUT2D eigenvalue weighted by Crippen LogP contribution is -2.24. The van der Waals surface area contributed by atoms with Crippen LogP contribution in [-0.2, 0) is 11.0 Å². The molecule has 172 valence electrons. The number of nitrogens with zero attached hydrogens (tertiary/aromatic N) is 2. The number of halogens is 4. The molecule has 3 N–H and O–H groups in total. The number of ether oxygens (including phenoxy) is 1. The first-order valence-electron chi connectivity index (χ1n) is 9.05. The highest BCUT2D eigenvalue weighted by atomic mass is 35.5. The van der Waals surface area contributed by atoms with Gasteiger partial charge in [-0.2, -0.15) is 18.2 Å². The molecule has 0 aliphatic rings. The van der Waals surface area contributed by atoms with Crippen LogP contribution in [-0.4, -0.2) is 29.0 Å². The number of hydrogen-bond donors (Lipinski definition) is 3. The molecule has 0 aliphatic heterocycles. The van der Waals surface area contributed by atoms with Gasteiger partial charge in [-0.15, -0.1) is 0 Å². The van der Waals surface area contributed by atoms with Crippen LogP contribution in [0.5, 0.6) is 11.6 Å². The van der Waals surface area contributed by atoms with Gasteiger partial charge < -0.3 is 15.4 Å². The van der Waals surface area contributed by atoms with Crippen LogP contribution in [0.2, 0.25) is 5.02 Å². The summed E-state index contributed by atoms with van der Waals surface area (Å²) in [5, 5.41) is 4.30. The molecule has 0 saturated heterocycles. The van der Waals surface area contributed by atoms with E-state index in [1.165, 1.54) is 37.6 Å². The maximum Gasteiger partial charge on any atom is 0.417 e. The van der Waals surface area contributed by atoms with E-state index < -0.39 is 28.7 Å². The van der Waals surface area contributed by atoms with Crippen molar-refractivity contribution in [2.75, 3.05) is 17.7 Å². The minimum Gasteiger partial charge on any atom is -0.439 e. The van der Waals surface area contributed by atoms with Crippen LogP contribution in [0.25, 0.3) is 0 Å². The monoisotopic (exact) mass is 481 g/mol. The Morgan fingerprint density at radius 2 is 1.76 bits per heavy atom. The summed E-state index contributed by atoms with van der Waals surface area (Å²) in [5.74, 6) is -0.556. The molecule has 13 heteroatoms. The predicted molar refractivity (Wildman–Crippen MR) is 112 cm³/mol. The predicted octanol–water partition coefficient (Wildman–Crippen LogP) is 4.88. The molecule has 3 amide bonds. The normalized spacial score (nSPS) is 10.9. The topological polar surface area (TPSA) is 114 Å². The van der Waals surface area contributed by atoms with Gasteiger partial charge >= 0.3 is 18.1 Å². The van der Waals surface area contributed by atoms with Gasteiger partial charge in [0.15, 0.2) is 0 Å². The number of hydrogen-bond acceptors (Lipinski definition) is 6. The van der Waals surface area contributed by atoms with Crippen LogP contribution in [0.4, 0.5) is 29.3 Å². The van der Waals surface area contributed by atoms with Gasteiger partial charge in [0, 0.05) is 29.7 Å². The second kappa shape index (κ2) is 10.1. The van der Waals surface area contributed by atoms with Crippen LogP contribution in [0.1, 0.15) is 16.2 Å². The lowest BCUT2D eigenvalue weighted by Gasteiger charge is -2.13. The molecule has 3 rings (SSSR count). The molecule has 0 saturated carbocycles. The van der Waals surface area contributed by atoms with E-state index in [1.807, 2.05) is 0 Å². The van der Waals surface area contributed by atoms with Gasteiger partial charge in [0.2, 0.25) is 11.7 Å². The minimum atomic E-state index is -4.66. The summed E-state index contributed by atoms with van der Waals surface area (Å²) in [6.45, 7) is 0. The number of carbonyl (C=O) groups is 2. The summed E-state index contributed by atoms with van der Waals surface area (Å²) in [6, 6.07) is 9.74. The van der Waals surface area contributed by atoms with Crippen molar-refractivity contribution in [1.82, 2.24) is 15.4 Å². The van der Waals surface area contributed by atoms with E-state index in [4.69, 9.17) is 16.3 Å². The highest BCUT2D eigenvalue weighted by Crippen LogP contribution is 2.36. The first kappa shape index (κ1) is 23.8. The van der Waals surface area contributed by atoms with Crippen LogP contribution >= 0.6 is 11.6 Å². The summed E-state index contributed by atoms with van der Waals surface area (Å²) < 4.78 is 44.5. The van der Waals surface area contributed by atoms with Crippen LogP contribution in [0.15, 0.2) is 54.7 Å². The molecule has 0 aliphatic carbocycles. The Bertz CT molecular complexity index is 1180. The van der Waals surface area contributed by atoms with Gasteiger partial charge in [-0.25, -0.2) is 15.3 Å². The molecule has 2 aromatic carbocycles. The highest BCUT2D eigenvalue weighted by molar-refractivity contribution is 6.31. The van der Waals surface area contributed by atoms with Gasteiger partial charge in [0.25, 0.3) is 0 Å². The average Bonchev–Trinajstić information content (AvgIpc) is 2.75. The third-order valence-corrected chi connectivity index (χ3v) is 4.20. The van der Waals surface area contributed by atoms with Crippen LogP contribution in [0, 0.1) is 0 Å². The zero-order valence-corrected chi connectivity index (χ0v) is 17.5. The van der Waals surface area contributed by atoms with E-state index >= 15 is 0 Å². The van der Waals surface area contributed by atoms with E-state index in [1.54, 1.807) is 12.1 Å². The molecule has 33 heavy (non-hydrogen) atoms. The van der Waals surface area contributed by atoms with E-state index in [9.17, 15) is 22.8 Å². The quantitative estimate of drug-likeness (QED) is 0.432. The molecular weight excluding hydrogens is 467 g/mol. The van der Waals surface area contributed by atoms with Gasteiger partial charge in [-0.1, -0.05) is 17.7 Å². The van der Waals surface area contributed by atoms with Crippen molar-refractivity contribution in [1.29, 1.82) is 0 Å². The summed E-state index contributed by atoms with van der Waals surface area (Å²) in [5.41, 5.74) is 1.19. The Morgan fingerprint density at radius 1 is 1.03 bits per heavy atom. The maximum atomic E-state index is 13.0. The lowest BCUT2D eigenvalue weighted by atomic mass is 10.2. The first-order valence-corrected chi connectivity index (χ1v) is 9.42. The Labute approximate surface area is 189 Å². The second-order valence-electron chi connectivity index (χ2n) is 6.26. The van der Waals surface area contributed by atoms with E-state index in [2.05, 4.69) is 30.9 Å². The average molecular weight is 482 g/mol. The van der Waals surface area contributed by atoms with Gasteiger partial charge in [-0.3, -0.25) is 9.63 Å². The van der Waals surface area contributed by atoms with E-state index in [0.29, 0.717) is 0 Å². The second-order valence-corrected chi connectivity index (χ2v) is 6.66. The van der Waals surface area contributed by atoms with Crippen molar-refractivity contribution < 1.29 is 32.3 Å². The fourth-order valence-electron chi connectivity index (χ4n) is 2.52. The Hall–Kier alpha value is -3.90. The molecular formula is C20H15ClF3N5O4. The largest absolute Gasteiger partial charge is 0.439 e. The van der Waals surface area contributed by atoms with Crippen molar-refractivity contribution in [2.24, 2.45) is 0 Å². The minimum absolute atomic E-state index is 0.0497. The van der Waals surface area contributed by atoms with Crippen molar-refractivity contribution in [3.05, 3.63) is 71.1 Å². The molecule has 0 atom stereocenters. The molecule has 0 bridgehead atoms. The fourth-order valence-corrected chi connectivity index (χ4v) is 2.74. The number of rotatable bonds is 6. The third kappa shape index (κ3) is 6.54. The van der Waals surface area contributed by atoms with Gasteiger partial charge in [0.1, 0.15) is 5.75 Å². The number of benzene rings is 2. The molecule has 0 spiro atoms. The van der Waals surface area contributed by atoms with Crippen molar-refractivity contribution in [3.63, 3.8) is 0 Å². The third-order valence-electron chi connectivity index (χ3n) is 3.87. The van der Waals surface area contributed by atoms with Crippen molar-refractivity contribution in [3.8, 4) is 11.6 Å². The van der Waals surface area contributed by atoms with Crippen LogP contribution in [0.3, 0.4) is 0 Å². The number of aromatic nitrogens is 2. The number of amides is 3. The molecule has 0 fully saturated rings. The molecule has 0 radical (unpaired) electrons. The highest BCUT2D eigenvalue weighted by Gasteiger charge is 2.33. The summed E-state index contributed by atoms with van der Waals surface area (Å²) in [6.07, 6.45) is -3.36. The Kier molecular flexibility index (Phi) is 7.30. The number of nitrogens with one attached hydrogen (secondary N) is 3. The summed E-state index contributed by atoms with van der Waals surface area (Å²) in [7, 11) is 1.26. The molecule has 1 heterocycles. The zero-order valence-electron chi connectivity index (χ0n) is 16.7. The summed E-state index contributed by atoms with van der Waals surface area (Å²) in [4.78, 5) is 36.2. The van der Waals surface area contributed by atoms with E-state index in [0.717, 1.165) is 12.1 Å². The number of hydroxylamine groups is 1. The number of anilines is 2. The van der Waals surface area contributed by atoms with Crippen molar-refractivity contribution >= 4 is 34.9 Å². The lowest BCUT2D eigenvalue weighted by molar-refractivity contribution is -0.137. The van der Waals surface area contributed by atoms with Crippen LogP contribution < -0.4 is 20.9 Å². The SMILES string of the molecule is CONC(=O)c1nccc(Oc2cccc(NC(=O)Nc3ccc(Cl)c(C(F)(F)F)c3)c2)n1. The molecule has 1 aromatic heterocycles. The number of urea groups is 1. The van der Waals surface area contributed by atoms with Gasteiger partial charge in [0.05, 0.1) is 17.7 Å². The molecule has 3 aromatic rings. The summed E-state index contributed by atoms with van der Waals surface area (Å²) >= 11 is 5.57. The molecule has 9 nitrogen and oxygen atoms in total. The van der Waals surface area contributed by atoms with E-state index in [-0.39, 0.29) is 28.8 Å². The van der Waals surface area contributed by atoms with Crippen molar-refractivity contribution in [2.45, 2.75) is 6.18 Å². The zero-order chi connectivity index (χ0) is 24.0. The Balaban J connectivity index is 1.68.